The van der Waals surface area contributed by atoms with Gasteiger partial charge in [-0.1, -0.05) is 13.8 Å². The zero-order chi connectivity index (χ0) is 13.8. The topological polar surface area (TPSA) is 51.0 Å². The summed E-state index contributed by atoms with van der Waals surface area (Å²) in [5.74, 6) is 2.22. The quantitative estimate of drug-likeness (QED) is 0.896. The van der Waals surface area contributed by atoms with E-state index in [4.69, 9.17) is 4.42 Å². The fourth-order valence-corrected chi connectivity index (χ4v) is 2.26. The molecule has 0 bridgehead atoms. The number of hydrogen-bond acceptors (Lipinski definition) is 4. The Bertz CT molecular complexity index is 566. The van der Waals surface area contributed by atoms with E-state index in [1.165, 1.54) is 5.56 Å². The Labute approximate surface area is 121 Å². The van der Waals surface area contributed by atoms with Gasteiger partial charge in [-0.15, -0.1) is 0 Å². The maximum Gasteiger partial charge on any atom is 0.197 e. The highest BCUT2D eigenvalue weighted by molar-refractivity contribution is 9.10. The van der Waals surface area contributed by atoms with Crippen LogP contribution in [0, 0.1) is 6.92 Å². The predicted molar refractivity (Wildman–Crippen MR) is 80.3 cm³/mol. The summed E-state index contributed by atoms with van der Waals surface area (Å²) in [6.45, 7) is 7.17. The third kappa shape index (κ3) is 3.15. The summed E-state index contributed by atoms with van der Waals surface area (Å²) in [5.41, 5.74) is 2.17. The van der Waals surface area contributed by atoms with Gasteiger partial charge in [0.05, 0.1) is 0 Å². The molecular formula is C14H18BrN3O. The lowest BCUT2D eigenvalue weighted by molar-refractivity contribution is 0.551. The Morgan fingerprint density at radius 2 is 2.05 bits per heavy atom. The molecule has 0 aliphatic heterocycles. The number of rotatable bonds is 5. The Hall–Kier alpha value is -1.36. The number of nitrogens with zero attached hydrogens (tertiary/aromatic N) is 2. The number of nitrogens with one attached hydrogen (secondary N) is 1. The minimum absolute atomic E-state index is 0.624. The number of halogens is 1. The van der Waals surface area contributed by atoms with Crippen LogP contribution in [0.2, 0.25) is 0 Å². The van der Waals surface area contributed by atoms with Gasteiger partial charge in [0, 0.05) is 17.8 Å². The maximum atomic E-state index is 5.52. The fourth-order valence-electron chi connectivity index (χ4n) is 1.95. The SMILES string of the molecule is CCCNc1nc(-c2ccc(Br)o2)nc(C)c1CC. The fraction of sp³-hybridized carbons (Fsp3) is 0.429. The molecule has 2 aromatic heterocycles. The van der Waals surface area contributed by atoms with E-state index >= 15 is 0 Å². The number of furan rings is 1. The van der Waals surface area contributed by atoms with Crippen LogP contribution < -0.4 is 5.32 Å². The summed E-state index contributed by atoms with van der Waals surface area (Å²) in [7, 11) is 0. The Balaban J connectivity index is 2.43. The molecule has 0 aliphatic rings. The van der Waals surface area contributed by atoms with Crippen molar-refractivity contribution in [3.8, 4) is 11.6 Å². The van der Waals surface area contributed by atoms with Crippen molar-refractivity contribution in [2.75, 3.05) is 11.9 Å². The van der Waals surface area contributed by atoms with Gasteiger partial charge in [0.1, 0.15) is 5.82 Å². The molecule has 0 fully saturated rings. The van der Waals surface area contributed by atoms with E-state index in [0.717, 1.165) is 30.9 Å². The highest BCUT2D eigenvalue weighted by atomic mass is 79.9. The van der Waals surface area contributed by atoms with Gasteiger partial charge in [-0.2, -0.15) is 0 Å². The van der Waals surface area contributed by atoms with E-state index in [9.17, 15) is 0 Å². The first-order valence-corrected chi connectivity index (χ1v) is 7.32. The van der Waals surface area contributed by atoms with E-state index < -0.39 is 0 Å². The summed E-state index contributed by atoms with van der Waals surface area (Å²) in [4.78, 5) is 9.12. The molecule has 4 nitrogen and oxygen atoms in total. The van der Waals surface area contributed by atoms with Crippen molar-refractivity contribution in [2.24, 2.45) is 0 Å². The zero-order valence-corrected chi connectivity index (χ0v) is 13.0. The van der Waals surface area contributed by atoms with Gasteiger partial charge in [-0.05, 0) is 47.8 Å². The third-order valence-electron chi connectivity index (χ3n) is 2.90. The molecule has 2 heterocycles. The Morgan fingerprint density at radius 1 is 1.26 bits per heavy atom. The first kappa shape index (κ1) is 14.1. The van der Waals surface area contributed by atoms with E-state index in [1.54, 1.807) is 0 Å². The van der Waals surface area contributed by atoms with Crippen molar-refractivity contribution in [3.63, 3.8) is 0 Å². The van der Waals surface area contributed by atoms with E-state index in [1.807, 2.05) is 19.1 Å². The molecule has 2 rings (SSSR count). The summed E-state index contributed by atoms with van der Waals surface area (Å²) >= 11 is 3.30. The van der Waals surface area contributed by atoms with E-state index in [2.05, 4.69) is 45.1 Å². The second-order valence-electron chi connectivity index (χ2n) is 4.34. The van der Waals surface area contributed by atoms with Crippen molar-refractivity contribution in [1.82, 2.24) is 9.97 Å². The summed E-state index contributed by atoms with van der Waals surface area (Å²) in [5, 5.41) is 3.37. The Kier molecular flexibility index (Phi) is 4.58. The van der Waals surface area contributed by atoms with Crippen LogP contribution in [0.1, 0.15) is 31.5 Å². The average molecular weight is 324 g/mol. The first-order valence-electron chi connectivity index (χ1n) is 6.52. The van der Waals surface area contributed by atoms with Crippen molar-refractivity contribution in [1.29, 1.82) is 0 Å². The highest BCUT2D eigenvalue weighted by Gasteiger charge is 2.13. The van der Waals surface area contributed by atoms with Gasteiger partial charge in [0.25, 0.3) is 0 Å². The lowest BCUT2D eigenvalue weighted by Crippen LogP contribution is -2.09. The molecular weight excluding hydrogens is 306 g/mol. The molecule has 0 unspecified atom stereocenters. The predicted octanol–water partition coefficient (Wildman–Crippen LogP) is 4.19. The molecule has 0 aromatic carbocycles. The molecule has 0 saturated carbocycles. The summed E-state index contributed by atoms with van der Waals surface area (Å²) in [6, 6.07) is 3.72. The number of aryl methyl sites for hydroxylation is 1. The monoisotopic (exact) mass is 323 g/mol. The number of hydrogen-bond donors (Lipinski definition) is 1. The van der Waals surface area contributed by atoms with Gasteiger partial charge in [0.15, 0.2) is 16.3 Å². The molecule has 0 aliphatic carbocycles. The van der Waals surface area contributed by atoms with Gasteiger partial charge < -0.3 is 9.73 Å². The first-order chi connectivity index (χ1) is 9.15. The van der Waals surface area contributed by atoms with Crippen LogP contribution in [-0.4, -0.2) is 16.5 Å². The molecule has 0 amide bonds. The number of aromatic nitrogens is 2. The van der Waals surface area contributed by atoms with Crippen LogP contribution in [0.15, 0.2) is 21.2 Å². The molecule has 0 atom stereocenters. The van der Waals surface area contributed by atoms with Crippen LogP contribution in [0.3, 0.4) is 0 Å². The standard InChI is InChI=1S/C14H18BrN3O/c1-4-8-16-13-10(5-2)9(3)17-14(18-13)11-6-7-12(15)19-11/h6-7H,4-5,8H2,1-3H3,(H,16,17,18). The van der Waals surface area contributed by atoms with Crippen LogP contribution in [0.5, 0.6) is 0 Å². The molecule has 5 heteroatoms. The smallest absolute Gasteiger partial charge is 0.197 e. The second kappa shape index (κ2) is 6.19. The lowest BCUT2D eigenvalue weighted by atomic mass is 10.1. The summed E-state index contributed by atoms with van der Waals surface area (Å²) in [6.07, 6.45) is 1.98. The van der Waals surface area contributed by atoms with Gasteiger partial charge in [0.2, 0.25) is 0 Å². The van der Waals surface area contributed by atoms with E-state index in [-0.39, 0.29) is 0 Å². The highest BCUT2D eigenvalue weighted by Crippen LogP contribution is 2.26. The molecule has 2 aromatic rings. The minimum atomic E-state index is 0.624. The van der Waals surface area contributed by atoms with Crippen molar-refractivity contribution in [2.45, 2.75) is 33.6 Å². The van der Waals surface area contributed by atoms with Gasteiger partial charge >= 0.3 is 0 Å². The second-order valence-corrected chi connectivity index (χ2v) is 5.13. The average Bonchev–Trinajstić information content (AvgIpc) is 2.82. The Morgan fingerprint density at radius 3 is 2.63 bits per heavy atom. The normalized spacial score (nSPS) is 10.7. The van der Waals surface area contributed by atoms with Crippen molar-refractivity contribution < 1.29 is 4.42 Å². The van der Waals surface area contributed by atoms with Crippen molar-refractivity contribution >= 4 is 21.7 Å². The molecule has 0 saturated heterocycles. The van der Waals surface area contributed by atoms with Crippen molar-refractivity contribution in [3.05, 3.63) is 28.1 Å². The largest absolute Gasteiger partial charge is 0.446 e. The summed E-state index contributed by atoms with van der Waals surface area (Å²) < 4.78 is 6.21. The van der Waals surface area contributed by atoms with Crippen LogP contribution in [0.25, 0.3) is 11.6 Å². The molecule has 19 heavy (non-hydrogen) atoms. The minimum Gasteiger partial charge on any atom is -0.446 e. The molecule has 0 radical (unpaired) electrons. The third-order valence-corrected chi connectivity index (χ3v) is 3.33. The van der Waals surface area contributed by atoms with Crippen LogP contribution in [-0.2, 0) is 6.42 Å². The van der Waals surface area contributed by atoms with Gasteiger partial charge in [-0.3, -0.25) is 0 Å². The van der Waals surface area contributed by atoms with E-state index in [0.29, 0.717) is 16.3 Å². The van der Waals surface area contributed by atoms with Crippen LogP contribution in [0.4, 0.5) is 5.82 Å². The molecule has 1 N–H and O–H groups in total. The van der Waals surface area contributed by atoms with Gasteiger partial charge in [-0.25, -0.2) is 9.97 Å². The zero-order valence-electron chi connectivity index (χ0n) is 11.5. The number of anilines is 1. The molecule has 0 spiro atoms. The molecule has 102 valence electrons. The van der Waals surface area contributed by atoms with Crippen LogP contribution >= 0.6 is 15.9 Å². The lowest BCUT2D eigenvalue weighted by Gasteiger charge is -2.12. The maximum absolute atomic E-state index is 5.52.